The Morgan fingerprint density at radius 2 is 1.94 bits per heavy atom. The fourth-order valence-corrected chi connectivity index (χ4v) is 1.59. The van der Waals surface area contributed by atoms with Crippen molar-refractivity contribution in [3.05, 3.63) is 29.8 Å². The quantitative estimate of drug-likeness (QED) is 0.746. The Kier molecular flexibility index (Phi) is 2.27. The standard InChI is InChI=1S/C10H7F3N2O2/c11-10(12,13)6-2-1-5-3-8(16)15(9(14)17)7(5)4-6/h1-4,16H,(H2,14,17). The van der Waals surface area contributed by atoms with E-state index in [0.29, 0.717) is 9.95 Å². The first-order valence-electron chi connectivity index (χ1n) is 4.52. The van der Waals surface area contributed by atoms with Gasteiger partial charge in [0.05, 0.1) is 11.1 Å². The van der Waals surface area contributed by atoms with Gasteiger partial charge < -0.3 is 10.8 Å². The molecule has 4 nitrogen and oxygen atoms in total. The van der Waals surface area contributed by atoms with Crippen molar-refractivity contribution >= 4 is 16.9 Å². The van der Waals surface area contributed by atoms with Gasteiger partial charge in [-0.25, -0.2) is 9.36 Å². The third-order valence-corrected chi connectivity index (χ3v) is 2.33. The maximum atomic E-state index is 12.5. The Morgan fingerprint density at radius 3 is 2.47 bits per heavy atom. The second kappa shape index (κ2) is 3.41. The predicted octanol–water partition coefficient (Wildman–Crippen LogP) is 2.29. The van der Waals surface area contributed by atoms with E-state index >= 15 is 0 Å². The number of nitrogens with zero attached hydrogens (tertiary/aromatic N) is 1. The summed E-state index contributed by atoms with van der Waals surface area (Å²) in [6, 6.07) is 2.92. The molecule has 1 amide bonds. The van der Waals surface area contributed by atoms with Crippen LogP contribution in [0.4, 0.5) is 18.0 Å². The van der Waals surface area contributed by atoms with Crippen molar-refractivity contribution in [3.8, 4) is 5.88 Å². The molecule has 1 aromatic heterocycles. The van der Waals surface area contributed by atoms with Gasteiger partial charge in [0.15, 0.2) is 5.88 Å². The van der Waals surface area contributed by atoms with Crippen LogP contribution in [-0.4, -0.2) is 15.7 Å². The van der Waals surface area contributed by atoms with Crippen molar-refractivity contribution in [1.29, 1.82) is 0 Å². The van der Waals surface area contributed by atoms with Crippen LogP contribution in [0.2, 0.25) is 0 Å². The highest BCUT2D eigenvalue weighted by atomic mass is 19.4. The van der Waals surface area contributed by atoms with Gasteiger partial charge in [-0.15, -0.1) is 0 Å². The number of alkyl halides is 3. The van der Waals surface area contributed by atoms with Crippen LogP contribution in [0.1, 0.15) is 5.56 Å². The normalized spacial score (nSPS) is 11.9. The number of rotatable bonds is 0. The third kappa shape index (κ3) is 1.79. The molecule has 0 radical (unpaired) electrons. The first-order valence-corrected chi connectivity index (χ1v) is 4.52. The van der Waals surface area contributed by atoms with E-state index in [1.807, 2.05) is 0 Å². The number of halogens is 3. The highest BCUT2D eigenvalue weighted by Gasteiger charge is 2.31. The van der Waals surface area contributed by atoms with E-state index in [1.54, 1.807) is 0 Å². The van der Waals surface area contributed by atoms with Crippen LogP contribution in [0.3, 0.4) is 0 Å². The van der Waals surface area contributed by atoms with Crippen LogP contribution in [0.15, 0.2) is 24.3 Å². The molecule has 3 N–H and O–H groups in total. The van der Waals surface area contributed by atoms with Gasteiger partial charge in [0.2, 0.25) is 0 Å². The first-order chi connectivity index (χ1) is 7.80. The Balaban J connectivity index is 2.75. The fourth-order valence-electron chi connectivity index (χ4n) is 1.59. The van der Waals surface area contributed by atoms with E-state index in [2.05, 4.69) is 0 Å². The summed E-state index contributed by atoms with van der Waals surface area (Å²) in [5.74, 6) is -0.494. The van der Waals surface area contributed by atoms with Crippen LogP contribution in [0.25, 0.3) is 10.9 Å². The Bertz CT molecular complexity index is 601. The average Bonchev–Trinajstić information content (AvgIpc) is 2.50. The minimum Gasteiger partial charge on any atom is -0.494 e. The van der Waals surface area contributed by atoms with Gasteiger partial charge in [0.1, 0.15) is 0 Å². The number of benzene rings is 1. The Morgan fingerprint density at radius 1 is 1.29 bits per heavy atom. The van der Waals surface area contributed by atoms with E-state index in [4.69, 9.17) is 5.73 Å². The van der Waals surface area contributed by atoms with E-state index in [0.717, 1.165) is 18.2 Å². The summed E-state index contributed by atoms with van der Waals surface area (Å²) in [7, 11) is 0. The molecule has 0 saturated carbocycles. The lowest BCUT2D eigenvalue weighted by atomic mass is 10.1. The molecule has 0 aliphatic rings. The van der Waals surface area contributed by atoms with Gasteiger partial charge in [-0.05, 0) is 12.1 Å². The molecule has 7 heteroatoms. The summed E-state index contributed by atoms with van der Waals surface area (Å²) < 4.78 is 38.0. The number of hydrogen-bond acceptors (Lipinski definition) is 2. The molecule has 0 aliphatic heterocycles. The fraction of sp³-hybridized carbons (Fsp3) is 0.100. The van der Waals surface area contributed by atoms with Crippen molar-refractivity contribution in [2.45, 2.75) is 6.18 Å². The number of hydrogen-bond donors (Lipinski definition) is 2. The first kappa shape index (κ1) is 11.3. The number of carbonyl (C=O) groups is 1. The van der Waals surface area contributed by atoms with Crippen molar-refractivity contribution in [2.24, 2.45) is 5.73 Å². The molecule has 17 heavy (non-hydrogen) atoms. The minimum absolute atomic E-state index is 0.0789. The summed E-state index contributed by atoms with van der Waals surface area (Å²) in [5.41, 5.74) is 3.98. The largest absolute Gasteiger partial charge is 0.494 e. The van der Waals surface area contributed by atoms with E-state index < -0.39 is 23.7 Å². The van der Waals surface area contributed by atoms with Gasteiger partial charge >= 0.3 is 12.2 Å². The van der Waals surface area contributed by atoms with Crippen LogP contribution in [-0.2, 0) is 6.18 Å². The Hall–Kier alpha value is -2.18. The second-order valence-corrected chi connectivity index (χ2v) is 3.45. The number of amides is 1. The smallest absolute Gasteiger partial charge is 0.416 e. The lowest BCUT2D eigenvalue weighted by molar-refractivity contribution is -0.137. The van der Waals surface area contributed by atoms with Crippen LogP contribution >= 0.6 is 0 Å². The lowest BCUT2D eigenvalue weighted by Crippen LogP contribution is -2.18. The summed E-state index contributed by atoms with van der Waals surface area (Å²) in [6.07, 6.45) is -4.52. The van der Waals surface area contributed by atoms with E-state index in [9.17, 15) is 23.1 Å². The van der Waals surface area contributed by atoms with Crippen molar-refractivity contribution in [1.82, 2.24) is 4.57 Å². The zero-order chi connectivity index (χ0) is 12.8. The molecule has 0 fully saturated rings. The molecule has 0 aliphatic carbocycles. The lowest BCUT2D eigenvalue weighted by Gasteiger charge is -2.07. The molecule has 1 aromatic carbocycles. The van der Waals surface area contributed by atoms with Crippen molar-refractivity contribution in [2.75, 3.05) is 0 Å². The van der Waals surface area contributed by atoms with Gasteiger partial charge in [0.25, 0.3) is 0 Å². The number of fused-ring (bicyclic) bond motifs is 1. The maximum absolute atomic E-state index is 12.5. The zero-order valence-corrected chi connectivity index (χ0v) is 8.32. The van der Waals surface area contributed by atoms with Gasteiger partial charge in [-0.1, -0.05) is 6.07 Å². The molecular formula is C10H7F3N2O2. The van der Waals surface area contributed by atoms with Crippen LogP contribution in [0.5, 0.6) is 5.88 Å². The summed E-state index contributed by atoms with van der Waals surface area (Å²) in [6.45, 7) is 0. The molecule has 2 aromatic rings. The maximum Gasteiger partial charge on any atom is 0.416 e. The summed E-state index contributed by atoms with van der Waals surface area (Å²) in [5, 5.41) is 9.68. The molecule has 0 bridgehead atoms. The van der Waals surface area contributed by atoms with E-state index in [1.165, 1.54) is 6.07 Å². The van der Waals surface area contributed by atoms with Gasteiger partial charge in [-0.3, -0.25) is 0 Å². The molecule has 90 valence electrons. The average molecular weight is 244 g/mol. The number of aromatic hydroxyl groups is 1. The molecule has 0 atom stereocenters. The molecular weight excluding hydrogens is 237 g/mol. The Labute approximate surface area is 93.1 Å². The van der Waals surface area contributed by atoms with Crippen molar-refractivity contribution in [3.63, 3.8) is 0 Å². The van der Waals surface area contributed by atoms with Gasteiger partial charge in [0, 0.05) is 11.5 Å². The van der Waals surface area contributed by atoms with Gasteiger partial charge in [-0.2, -0.15) is 13.2 Å². The monoisotopic (exact) mass is 244 g/mol. The summed E-state index contributed by atoms with van der Waals surface area (Å²) in [4.78, 5) is 11.0. The molecule has 0 spiro atoms. The molecule has 2 rings (SSSR count). The summed E-state index contributed by atoms with van der Waals surface area (Å²) >= 11 is 0. The van der Waals surface area contributed by atoms with Crippen molar-refractivity contribution < 1.29 is 23.1 Å². The van der Waals surface area contributed by atoms with E-state index in [-0.39, 0.29) is 5.52 Å². The number of primary amides is 1. The highest BCUT2D eigenvalue weighted by Crippen LogP contribution is 2.33. The van der Waals surface area contributed by atoms with Crippen LogP contribution in [0, 0.1) is 0 Å². The SMILES string of the molecule is NC(=O)n1c(O)cc2ccc(C(F)(F)F)cc21. The second-order valence-electron chi connectivity index (χ2n) is 3.45. The highest BCUT2D eigenvalue weighted by molar-refractivity contribution is 5.93. The topological polar surface area (TPSA) is 68.2 Å². The van der Waals surface area contributed by atoms with Crippen LogP contribution < -0.4 is 5.73 Å². The molecule has 0 saturated heterocycles. The molecule has 0 unspecified atom stereocenters. The number of nitrogens with two attached hydrogens (primary N) is 1. The number of carbonyl (C=O) groups excluding carboxylic acids is 1. The molecule has 1 heterocycles. The predicted molar refractivity (Wildman–Crippen MR) is 53.6 cm³/mol. The third-order valence-electron chi connectivity index (χ3n) is 2.33. The zero-order valence-electron chi connectivity index (χ0n) is 8.32. The minimum atomic E-state index is -4.52. The number of aromatic nitrogens is 1.